The number of esters is 2. The zero-order valence-corrected chi connectivity index (χ0v) is 33.8. The highest BCUT2D eigenvalue weighted by Crippen LogP contribution is 2.36. The van der Waals surface area contributed by atoms with Gasteiger partial charge in [0.05, 0.1) is 28.5 Å². The molecule has 2 aromatic carbocycles. The Kier molecular flexibility index (Phi) is 13.8. The molecule has 2 N–H and O–H groups in total. The Morgan fingerprint density at radius 2 is 1.71 bits per heavy atom. The number of aromatic amines is 1. The van der Waals surface area contributed by atoms with Gasteiger partial charge < -0.3 is 29.4 Å². The summed E-state index contributed by atoms with van der Waals surface area (Å²) in [6, 6.07) is 9.74. The van der Waals surface area contributed by atoms with Crippen molar-refractivity contribution in [3.8, 4) is 5.75 Å². The summed E-state index contributed by atoms with van der Waals surface area (Å²) in [6.07, 6.45) is -8.45. The van der Waals surface area contributed by atoms with Gasteiger partial charge in [-0.15, -0.1) is 11.3 Å². The molecule has 2 aliphatic rings. The highest BCUT2D eigenvalue weighted by atomic mass is 32.1. The van der Waals surface area contributed by atoms with E-state index in [-0.39, 0.29) is 34.8 Å². The van der Waals surface area contributed by atoms with Crippen LogP contribution in [0.5, 0.6) is 5.75 Å². The maximum absolute atomic E-state index is 13.4. The molecular formula is C39H43F6N5O7S2. The normalized spacial score (nSPS) is 16.8. The minimum absolute atomic E-state index is 0.0604. The van der Waals surface area contributed by atoms with E-state index < -0.39 is 46.6 Å². The first-order valence-corrected chi connectivity index (χ1v) is 20.8. The van der Waals surface area contributed by atoms with Crippen LogP contribution in [0.3, 0.4) is 0 Å². The molecule has 4 aromatic rings. The lowest BCUT2D eigenvalue weighted by Crippen LogP contribution is -2.58. The third kappa shape index (κ3) is 10.9. The molecule has 0 radical (unpaired) electrons. The van der Waals surface area contributed by atoms with E-state index in [1.165, 1.54) is 0 Å². The van der Waals surface area contributed by atoms with E-state index in [2.05, 4.69) is 38.8 Å². The number of benzene rings is 2. The Bertz CT molecular complexity index is 2180. The van der Waals surface area contributed by atoms with Crippen molar-refractivity contribution >= 4 is 50.7 Å². The summed E-state index contributed by atoms with van der Waals surface area (Å²) in [5.74, 6) is -5.46. The van der Waals surface area contributed by atoms with Crippen LogP contribution in [0.4, 0.5) is 26.3 Å². The van der Waals surface area contributed by atoms with Gasteiger partial charge in [0, 0.05) is 49.6 Å². The van der Waals surface area contributed by atoms with Crippen LogP contribution in [0.2, 0.25) is 0 Å². The SMILES string of the molecule is CCC(CC)c1nc(C(=O)N2CCOC3(CCN(Cc4cccc(CCNC[C@H](OC(=O)C(F)(F)F)c5ccc(OC(=O)C(F)(F)F)c6[nH]c(=O)sc56)c4)CC3)C2)cs1. The van der Waals surface area contributed by atoms with Crippen LogP contribution in [0, 0.1) is 0 Å². The first-order chi connectivity index (χ1) is 28.0. The number of halogens is 6. The molecule has 0 aliphatic carbocycles. The number of piperidine rings is 1. The number of carbonyl (C=O) groups excluding carboxylic acids is 3. The first-order valence-electron chi connectivity index (χ1n) is 19.1. The lowest BCUT2D eigenvalue weighted by molar-refractivity contribution is -0.205. The van der Waals surface area contributed by atoms with Crippen molar-refractivity contribution in [2.24, 2.45) is 0 Å². The van der Waals surface area contributed by atoms with Gasteiger partial charge in [0.2, 0.25) is 0 Å². The number of amides is 1. The quantitative estimate of drug-likeness (QED) is 0.0595. The van der Waals surface area contributed by atoms with Crippen molar-refractivity contribution in [2.45, 2.75) is 82.5 Å². The molecule has 2 fully saturated rings. The number of thiazole rings is 2. The Morgan fingerprint density at radius 3 is 2.41 bits per heavy atom. The fourth-order valence-electron chi connectivity index (χ4n) is 7.36. The molecule has 2 saturated heterocycles. The zero-order chi connectivity index (χ0) is 42.5. The minimum Gasteiger partial charge on any atom is -0.449 e. The van der Waals surface area contributed by atoms with Crippen LogP contribution < -0.4 is 14.9 Å². The molecule has 1 spiro atoms. The first kappa shape index (κ1) is 44.2. The lowest BCUT2D eigenvalue weighted by atomic mass is 9.89. The van der Waals surface area contributed by atoms with Crippen LogP contribution in [-0.4, -0.2) is 101 Å². The summed E-state index contributed by atoms with van der Waals surface area (Å²) < 4.78 is 93.7. The molecule has 0 bridgehead atoms. The van der Waals surface area contributed by atoms with Gasteiger partial charge in [0.15, 0.2) is 5.75 Å². The van der Waals surface area contributed by atoms with Crippen molar-refractivity contribution in [1.82, 2.24) is 25.1 Å². The maximum Gasteiger partial charge on any atom is 0.491 e. The molecule has 320 valence electrons. The number of nitrogens with one attached hydrogen (secondary N) is 2. The Balaban J connectivity index is 1.04. The second-order valence-corrected chi connectivity index (χ2v) is 16.4. The van der Waals surface area contributed by atoms with Crippen molar-refractivity contribution in [3.05, 3.63) is 78.8 Å². The molecular weight excluding hydrogens is 829 g/mol. The molecule has 1 amide bonds. The number of aromatic nitrogens is 2. The predicted molar refractivity (Wildman–Crippen MR) is 207 cm³/mol. The second kappa shape index (κ2) is 18.5. The van der Waals surface area contributed by atoms with Crippen molar-refractivity contribution in [1.29, 1.82) is 0 Å². The number of alkyl halides is 6. The van der Waals surface area contributed by atoms with Gasteiger partial charge >= 0.3 is 29.2 Å². The average molecular weight is 872 g/mol. The number of fused-ring (bicyclic) bond motifs is 1. The number of carbonyl (C=O) groups is 3. The number of H-pyrrole nitrogens is 1. The lowest BCUT2D eigenvalue weighted by Gasteiger charge is -2.47. The Morgan fingerprint density at radius 1 is 1.00 bits per heavy atom. The fraction of sp³-hybridized carbons (Fsp3) is 0.513. The van der Waals surface area contributed by atoms with Crippen LogP contribution >= 0.6 is 22.7 Å². The number of likely N-dealkylation sites (tertiary alicyclic amines) is 1. The third-order valence-electron chi connectivity index (χ3n) is 10.5. The zero-order valence-electron chi connectivity index (χ0n) is 32.2. The summed E-state index contributed by atoms with van der Waals surface area (Å²) in [5, 5.41) is 5.84. The van der Waals surface area contributed by atoms with Crippen molar-refractivity contribution < 1.29 is 54.9 Å². The summed E-state index contributed by atoms with van der Waals surface area (Å²) in [5.41, 5.74) is 1.55. The van der Waals surface area contributed by atoms with E-state index in [0.717, 1.165) is 67.0 Å². The van der Waals surface area contributed by atoms with Crippen molar-refractivity contribution in [3.63, 3.8) is 0 Å². The van der Waals surface area contributed by atoms with E-state index in [1.54, 1.807) is 11.3 Å². The molecule has 0 unspecified atom stereocenters. The highest BCUT2D eigenvalue weighted by molar-refractivity contribution is 7.16. The second-order valence-electron chi connectivity index (χ2n) is 14.5. The largest absolute Gasteiger partial charge is 0.491 e. The molecule has 2 aromatic heterocycles. The maximum atomic E-state index is 13.4. The summed E-state index contributed by atoms with van der Waals surface area (Å²) >= 11 is 1.98. The number of morpholine rings is 1. The molecule has 59 heavy (non-hydrogen) atoms. The van der Waals surface area contributed by atoms with Gasteiger partial charge in [0.1, 0.15) is 17.3 Å². The molecule has 2 aliphatic heterocycles. The molecule has 0 saturated carbocycles. The Hall–Kier alpha value is -4.37. The molecule has 6 rings (SSSR count). The van der Waals surface area contributed by atoms with Gasteiger partial charge in [-0.25, -0.2) is 14.6 Å². The summed E-state index contributed by atoms with van der Waals surface area (Å²) in [7, 11) is 0. The van der Waals surface area contributed by atoms with E-state index >= 15 is 0 Å². The molecule has 4 heterocycles. The predicted octanol–water partition coefficient (Wildman–Crippen LogP) is 6.90. The van der Waals surface area contributed by atoms with Gasteiger partial charge in [-0.2, -0.15) is 26.3 Å². The van der Waals surface area contributed by atoms with E-state index in [0.29, 0.717) is 55.6 Å². The third-order valence-corrected chi connectivity index (χ3v) is 12.5. The van der Waals surface area contributed by atoms with E-state index in [9.17, 15) is 45.5 Å². The van der Waals surface area contributed by atoms with Gasteiger partial charge in [-0.3, -0.25) is 14.5 Å². The average Bonchev–Trinajstić information content (AvgIpc) is 3.84. The number of ether oxygens (including phenoxy) is 3. The summed E-state index contributed by atoms with van der Waals surface area (Å²) in [6.45, 7) is 7.80. The topological polar surface area (TPSA) is 143 Å². The fourth-order valence-corrected chi connectivity index (χ4v) is 9.33. The monoisotopic (exact) mass is 871 g/mol. The number of hydrogen-bond acceptors (Lipinski definition) is 12. The standard InChI is InChI=1S/C39H43F6N5O7S2/c1-3-25(4-2)32-47-27(21-58-32)33(51)50-16-17-55-37(22-50)11-14-49(15-12-37)20-24-7-5-6-23(18-24)10-13-46-19-29(57-35(53)39(43,44)45)26-8-9-28(56-34(52)38(40,41)42)30-31(26)59-36(54)48-30/h5-9,18,21,25,29,46H,3-4,10-17,19-20,22H2,1-2H3,(H,48,54)/t29-/m0/s1. The molecule has 12 nitrogen and oxygen atoms in total. The van der Waals surface area contributed by atoms with Gasteiger partial charge in [-0.1, -0.05) is 49.4 Å². The molecule has 20 heteroatoms. The molecule has 1 atom stereocenters. The van der Waals surface area contributed by atoms with Crippen LogP contribution in [-0.2, 0) is 32.0 Å². The van der Waals surface area contributed by atoms with Gasteiger partial charge in [-0.05, 0) is 61.9 Å². The van der Waals surface area contributed by atoms with E-state index in [4.69, 9.17) is 9.47 Å². The van der Waals surface area contributed by atoms with Crippen LogP contribution in [0.15, 0.2) is 46.6 Å². The minimum atomic E-state index is -5.36. The smallest absolute Gasteiger partial charge is 0.449 e. The van der Waals surface area contributed by atoms with Crippen LogP contribution in [0.25, 0.3) is 10.2 Å². The Labute approximate surface area is 342 Å². The number of rotatable bonds is 14. The van der Waals surface area contributed by atoms with Gasteiger partial charge in [0.25, 0.3) is 5.91 Å². The highest BCUT2D eigenvalue weighted by Gasteiger charge is 2.44. The van der Waals surface area contributed by atoms with E-state index in [1.807, 2.05) is 34.5 Å². The number of nitrogens with zero attached hydrogens (tertiary/aromatic N) is 3. The number of hydrogen-bond donors (Lipinski definition) is 2. The summed E-state index contributed by atoms with van der Waals surface area (Å²) in [4.78, 5) is 59.3. The van der Waals surface area contributed by atoms with Crippen molar-refractivity contribution in [2.75, 3.05) is 45.9 Å². The van der Waals surface area contributed by atoms with Crippen LogP contribution in [0.1, 0.15) is 83.7 Å².